The van der Waals surface area contributed by atoms with E-state index in [2.05, 4.69) is 4.52 Å². The summed E-state index contributed by atoms with van der Waals surface area (Å²) in [5, 5.41) is 0.875. The van der Waals surface area contributed by atoms with Gasteiger partial charge in [-0.2, -0.15) is 0 Å². The van der Waals surface area contributed by atoms with Crippen LogP contribution in [0.2, 0.25) is 10.0 Å². The van der Waals surface area contributed by atoms with E-state index in [1.165, 1.54) is 6.07 Å². The zero-order chi connectivity index (χ0) is 11.3. The van der Waals surface area contributed by atoms with Gasteiger partial charge in [0, 0.05) is 5.02 Å². The molecule has 1 unspecified atom stereocenters. The fourth-order valence-electron chi connectivity index (χ4n) is 0.856. The van der Waals surface area contributed by atoms with E-state index in [1.54, 1.807) is 12.1 Å². The highest BCUT2D eigenvalue weighted by atomic mass is 35.5. The van der Waals surface area contributed by atoms with Gasteiger partial charge in [0.15, 0.2) is 0 Å². The molecule has 0 bridgehead atoms. The van der Waals surface area contributed by atoms with E-state index < -0.39 is 8.25 Å². The highest BCUT2D eigenvalue weighted by Gasteiger charge is 2.04. The highest BCUT2D eigenvalue weighted by Crippen LogP contribution is 2.27. The van der Waals surface area contributed by atoms with Gasteiger partial charge in [-0.3, -0.25) is 0 Å². The number of hydrogen-bond donors (Lipinski definition) is 0. The zero-order valence-corrected chi connectivity index (χ0v) is 9.89. The minimum absolute atomic E-state index is 0.0440. The van der Waals surface area contributed by atoms with Crippen molar-refractivity contribution in [3.05, 3.63) is 28.2 Å². The molecule has 0 heterocycles. The average Bonchev–Trinajstić information content (AvgIpc) is 2.14. The van der Waals surface area contributed by atoms with Gasteiger partial charge in [-0.25, -0.2) is 0 Å². The minimum Gasteiger partial charge on any atom is -0.566 e. The van der Waals surface area contributed by atoms with Crippen LogP contribution in [0.5, 0.6) is 5.75 Å². The molecule has 15 heavy (non-hydrogen) atoms. The maximum absolute atomic E-state index is 10.0. The van der Waals surface area contributed by atoms with Crippen LogP contribution in [0.25, 0.3) is 0 Å². The first-order valence-corrected chi connectivity index (χ1v) is 5.80. The maximum Gasteiger partial charge on any atom is 0.488 e. The van der Waals surface area contributed by atoms with Crippen molar-refractivity contribution in [2.45, 2.75) is 0 Å². The molecule has 1 aromatic rings. The van der Waals surface area contributed by atoms with Crippen LogP contribution in [0.15, 0.2) is 18.2 Å². The predicted molar refractivity (Wildman–Crippen MR) is 55.5 cm³/mol. The minimum atomic E-state index is -2.83. The van der Waals surface area contributed by atoms with Crippen LogP contribution in [0, 0.1) is 0 Å². The third-order valence-electron chi connectivity index (χ3n) is 1.43. The Hall–Kier alpha value is -0.380. The molecule has 0 aromatic heterocycles. The molecular formula is C8H7Cl2O4P. The Balaban J connectivity index is 2.40. The van der Waals surface area contributed by atoms with E-state index in [0.29, 0.717) is 15.8 Å². The molecule has 0 fully saturated rings. The molecule has 0 saturated carbocycles. The van der Waals surface area contributed by atoms with E-state index >= 15 is 0 Å². The van der Waals surface area contributed by atoms with E-state index in [9.17, 15) is 9.46 Å². The molecule has 7 heteroatoms. The van der Waals surface area contributed by atoms with Gasteiger partial charge in [0.05, 0.1) is 5.02 Å². The van der Waals surface area contributed by atoms with Gasteiger partial charge in [-0.15, -0.1) is 4.52 Å². The van der Waals surface area contributed by atoms with Crippen LogP contribution in [0.3, 0.4) is 0 Å². The molecule has 0 saturated heterocycles. The molecule has 0 N–H and O–H groups in total. The van der Waals surface area contributed by atoms with Crippen molar-refractivity contribution in [3.63, 3.8) is 0 Å². The summed E-state index contributed by atoms with van der Waals surface area (Å²) in [7, 11) is -2.83. The van der Waals surface area contributed by atoms with E-state index in [0.717, 1.165) is 0 Å². The van der Waals surface area contributed by atoms with Gasteiger partial charge in [0.1, 0.15) is 19.0 Å². The fraction of sp³-hybridized carbons (Fsp3) is 0.250. The predicted octanol–water partition coefficient (Wildman–Crippen LogP) is 2.41. The highest BCUT2D eigenvalue weighted by molar-refractivity contribution is 7.30. The molecule has 82 valence electrons. The lowest BCUT2D eigenvalue weighted by Gasteiger charge is -2.06. The van der Waals surface area contributed by atoms with E-state index in [1.807, 2.05) is 0 Å². The molecule has 1 aromatic carbocycles. The molecule has 1 rings (SSSR count). The molecule has 1 atom stereocenters. The average molecular weight is 269 g/mol. The van der Waals surface area contributed by atoms with Crippen molar-refractivity contribution >= 4 is 31.5 Å². The van der Waals surface area contributed by atoms with Gasteiger partial charge in [0.25, 0.3) is 0 Å². The summed E-state index contributed by atoms with van der Waals surface area (Å²) in [4.78, 5) is 10.0. The maximum atomic E-state index is 10.0. The van der Waals surface area contributed by atoms with Gasteiger partial charge < -0.3 is 9.63 Å². The third-order valence-corrected chi connectivity index (χ3v) is 2.36. The molecule has 0 aliphatic carbocycles. The Morgan fingerprint density at radius 1 is 1.33 bits per heavy atom. The molecule has 0 spiro atoms. The quantitative estimate of drug-likeness (QED) is 0.608. The van der Waals surface area contributed by atoms with Crippen molar-refractivity contribution in [2.24, 2.45) is 0 Å². The zero-order valence-electron chi connectivity index (χ0n) is 7.48. The molecule has 0 aliphatic heterocycles. The van der Waals surface area contributed by atoms with Crippen molar-refractivity contribution in [1.82, 2.24) is 0 Å². The summed E-state index contributed by atoms with van der Waals surface area (Å²) in [5.41, 5.74) is 0. The van der Waals surface area contributed by atoms with Crippen LogP contribution in [-0.2, 0) is 9.09 Å². The number of ether oxygens (including phenoxy) is 1. The Bertz CT molecular complexity index is 358. The lowest BCUT2D eigenvalue weighted by molar-refractivity contribution is -0.186. The number of halogens is 2. The molecule has 0 amide bonds. The van der Waals surface area contributed by atoms with Crippen LogP contribution in [0.1, 0.15) is 0 Å². The first-order valence-electron chi connectivity index (χ1n) is 3.95. The Morgan fingerprint density at radius 2 is 2.07 bits per heavy atom. The lowest BCUT2D eigenvalue weighted by Crippen LogP contribution is -2.05. The monoisotopic (exact) mass is 268 g/mol. The smallest absolute Gasteiger partial charge is 0.488 e. The Labute approximate surface area is 97.7 Å². The largest absolute Gasteiger partial charge is 0.566 e. The van der Waals surface area contributed by atoms with Gasteiger partial charge >= 0.3 is 8.25 Å². The molecular weight excluding hydrogens is 262 g/mol. The number of benzene rings is 1. The van der Waals surface area contributed by atoms with Crippen molar-refractivity contribution < 1.29 is 18.7 Å². The first-order chi connectivity index (χ1) is 7.09. The molecule has 0 aliphatic rings. The van der Waals surface area contributed by atoms with Gasteiger partial charge in [-0.05, 0) is 22.8 Å². The van der Waals surface area contributed by atoms with Crippen LogP contribution in [0.4, 0.5) is 0 Å². The van der Waals surface area contributed by atoms with Crippen molar-refractivity contribution in [2.75, 3.05) is 13.2 Å². The Morgan fingerprint density at radius 3 is 2.67 bits per heavy atom. The van der Waals surface area contributed by atoms with Crippen LogP contribution in [-0.4, -0.2) is 13.2 Å². The van der Waals surface area contributed by atoms with E-state index in [4.69, 9.17) is 27.9 Å². The van der Waals surface area contributed by atoms with Crippen LogP contribution >= 0.6 is 31.5 Å². The standard InChI is InChI=1S/C8H7Cl2O4P/c9-6-1-2-8(7(10)5-6)13-3-4-14-15(11)12/h1-2,5H,3-4H2. The summed E-state index contributed by atoms with van der Waals surface area (Å²) in [5.74, 6) is 0.436. The topological polar surface area (TPSA) is 58.6 Å². The second-order valence-electron chi connectivity index (χ2n) is 2.48. The second kappa shape index (κ2) is 6.26. The summed E-state index contributed by atoms with van der Waals surface area (Å²) in [6.45, 7) is 0.0579. The lowest BCUT2D eigenvalue weighted by atomic mass is 10.3. The second-order valence-corrected chi connectivity index (χ2v) is 4.03. The molecule has 4 nitrogen and oxygen atoms in total. The Kier molecular flexibility index (Phi) is 5.29. The third kappa shape index (κ3) is 4.78. The van der Waals surface area contributed by atoms with Crippen molar-refractivity contribution in [1.29, 1.82) is 0 Å². The summed E-state index contributed by atoms with van der Waals surface area (Å²) in [6, 6.07) is 4.76. The fourth-order valence-corrected chi connectivity index (χ4v) is 1.54. The number of rotatable bonds is 5. The van der Waals surface area contributed by atoms with E-state index in [-0.39, 0.29) is 13.2 Å². The molecule has 0 radical (unpaired) electrons. The first kappa shape index (κ1) is 12.7. The normalized spacial score (nSPS) is 11.3. The van der Waals surface area contributed by atoms with Gasteiger partial charge in [0.2, 0.25) is 0 Å². The SMILES string of the molecule is O=[P+]([O-])OCCOc1ccc(Cl)cc1Cl. The summed E-state index contributed by atoms with van der Waals surface area (Å²) in [6.07, 6.45) is 0. The van der Waals surface area contributed by atoms with Crippen LogP contribution < -0.4 is 9.63 Å². The van der Waals surface area contributed by atoms with Gasteiger partial charge in [-0.1, -0.05) is 23.2 Å². The van der Waals surface area contributed by atoms with Crippen molar-refractivity contribution in [3.8, 4) is 5.75 Å². The summed E-state index contributed by atoms with van der Waals surface area (Å²) < 4.78 is 19.5. The summed E-state index contributed by atoms with van der Waals surface area (Å²) >= 11 is 11.5. The number of hydrogen-bond acceptors (Lipinski definition) is 4.